The van der Waals surface area contributed by atoms with E-state index in [1.165, 1.54) is 45.1 Å². The Hall–Kier alpha value is -0.340. The van der Waals surface area contributed by atoms with Gasteiger partial charge in [0.25, 0.3) is 0 Å². The summed E-state index contributed by atoms with van der Waals surface area (Å²) >= 11 is 2.00. The summed E-state index contributed by atoms with van der Waals surface area (Å²) in [6.07, 6.45) is 8.58. The lowest BCUT2D eigenvalue weighted by Gasteiger charge is -2.59. The summed E-state index contributed by atoms with van der Waals surface area (Å²) < 4.78 is 0. The summed E-state index contributed by atoms with van der Waals surface area (Å²) in [4.78, 5) is 1.70. The fourth-order valence-corrected chi connectivity index (χ4v) is 5.60. The molecule has 2 aliphatic carbocycles. The molecule has 0 saturated heterocycles. The molecule has 1 unspecified atom stereocenters. The Morgan fingerprint density at radius 3 is 3.19 bits per heavy atom. The Kier molecular flexibility index (Phi) is 2.01. The van der Waals surface area contributed by atoms with Gasteiger partial charge in [-0.15, -0.1) is 11.3 Å². The Balaban J connectivity index is 1.74. The molecule has 2 saturated carbocycles. The molecule has 3 atom stereocenters. The topological polar surface area (TPSA) is 12.0 Å². The lowest BCUT2D eigenvalue weighted by Crippen LogP contribution is -2.62. The summed E-state index contributed by atoms with van der Waals surface area (Å²) in [5, 5.41) is 6.19. The highest BCUT2D eigenvalue weighted by atomic mass is 32.1. The molecule has 2 fully saturated rings. The minimum atomic E-state index is 0.423. The third-order valence-corrected chi connectivity index (χ3v) is 6.25. The first kappa shape index (κ1) is 9.67. The van der Waals surface area contributed by atoms with Gasteiger partial charge in [-0.25, -0.2) is 0 Å². The summed E-state index contributed by atoms with van der Waals surface area (Å²) in [5.74, 6) is 1.99. The summed E-state index contributed by atoms with van der Waals surface area (Å²) in [6, 6.07) is 2.36. The van der Waals surface area contributed by atoms with Crippen LogP contribution in [0.4, 0.5) is 0 Å². The van der Waals surface area contributed by atoms with Crippen LogP contribution in [0.5, 0.6) is 0 Å². The van der Waals surface area contributed by atoms with E-state index < -0.39 is 0 Å². The molecule has 2 heteroatoms. The van der Waals surface area contributed by atoms with Crippen molar-refractivity contribution in [3.8, 4) is 0 Å². The monoisotopic (exact) mass is 233 g/mol. The largest absolute Gasteiger partial charge is 0.306 e. The van der Waals surface area contributed by atoms with Crippen LogP contribution in [0, 0.1) is 11.8 Å². The third kappa shape index (κ3) is 1.10. The molecule has 16 heavy (non-hydrogen) atoms. The van der Waals surface area contributed by atoms with Crippen LogP contribution in [-0.2, 0) is 12.0 Å². The van der Waals surface area contributed by atoms with Crippen molar-refractivity contribution in [2.24, 2.45) is 11.8 Å². The Bertz CT molecular complexity index is 411. The lowest BCUT2D eigenvalue weighted by atomic mass is 9.52. The predicted octanol–water partition coefficient (Wildman–Crippen LogP) is 3.30. The first-order valence-electron chi connectivity index (χ1n) is 6.72. The van der Waals surface area contributed by atoms with Crippen LogP contribution in [0.1, 0.15) is 42.5 Å². The fraction of sp³-hybridized carbons (Fsp3) is 0.714. The average Bonchev–Trinajstić information content (AvgIpc) is 2.76. The maximum atomic E-state index is 3.88. The normalized spacial score (nSPS) is 41.2. The molecule has 1 aromatic heterocycles. The number of nitrogens with one attached hydrogen (secondary N) is 1. The van der Waals surface area contributed by atoms with Gasteiger partial charge in [-0.2, -0.15) is 0 Å². The Morgan fingerprint density at radius 2 is 2.25 bits per heavy atom. The number of hydrogen-bond donors (Lipinski definition) is 1. The lowest BCUT2D eigenvalue weighted by molar-refractivity contribution is -0.0319. The van der Waals surface area contributed by atoms with Gasteiger partial charge in [-0.1, -0.05) is 19.3 Å². The van der Waals surface area contributed by atoms with Gasteiger partial charge in [0.15, 0.2) is 0 Å². The van der Waals surface area contributed by atoms with E-state index in [-0.39, 0.29) is 0 Å². The molecule has 1 aliphatic heterocycles. The van der Waals surface area contributed by atoms with Crippen LogP contribution in [-0.4, -0.2) is 6.54 Å². The second-order valence-corrected chi connectivity index (χ2v) is 6.69. The van der Waals surface area contributed by atoms with Crippen LogP contribution in [0.2, 0.25) is 0 Å². The molecule has 86 valence electrons. The highest BCUT2D eigenvalue weighted by Gasteiger charge is 2.56. The molecule has 0 aromatic carbocycles. The van der Waals surface area contributed by atoms with E-state index in [1.54, 1.807) is 10.4 Å². The Labute approximate surface area is 101 Å². The zero-order valence-electron chi connectivity index (χ0n) is 9.67. The standard InChI is InChI=1S/C14H19NS/c1-2-4-12-11(3-1)9-14(12)13-10(5-7-15-14)6-8-16-13/h6,8,11-12,15H,1-5,7,9H2/t11-,12-,14?/m0/s1. The number of rotatable bonds is 0. The maximum absolute atomic E-state index is 3.88. The van der Waals surface area contributed by atoms with Gasteiger partial charge >= 0.3 is 0 Å². The molecule has 0 amide bonds. The van der Waals surface area contributed by atoms with Gasteiger partial charge in [0.2, 0.25) is 0 Å². The third-order valence-electron chi connectivity index (χ3n) is 5.11. The van der Waals surface area contributed by atoms with Crippen molar-refractivity contribution >= 4 is 11.3 Å². The van der Waals surface area contributed by atoms with Crippen molar-refractivity contribution in [2.45, 2.75) is 44.1 Å². The van der Waals surface area contributed by atoms with Crippen LogP contribution >= 0.6 is 11.3 Å². The molecule has 1 nitrogen and oxygen atoms in total. The van der Waals surface area contributed by atoms with Crippen molar-refractivity contribution in [1.82, 2.24) is 5.32 Å². The zero-order chi connectivity index (χ0) is 10.6. The SMILES string of the molecule is c1cc2c(s1)C1(C[C@@H]3CCCC[C@@H]31)NCC2. The molecule has 4 rings (SSSR count). The quantitative estimate of drug-likeness (QED) is 0.725. The van der Waals surface area contributed by atoms with E-state index in [9.17, 15) is 0 Å². The van der Waals surface area contributed by atoms with Crippen molar-refractivity contribution in [3.63, 3.8) is 0 Å². The second kappa shape index (κ2) is 3.33. The minimum absolute atomic E-state index is 0.423. The van der Waals surface area contributed by atoms with E-state index >= 15 is 0 Å². The maximum Gasteiger partial charge on any atom is 0.0565 e. The summed E-state index contributed by atoms with van der Waals surface area (Å²) in [5.41, 5.74) is 2.07. The van der Waals surface area contributed by atoms with E-state index in [1.807, 2.05) is 11.3 Å². The van der Waals surface area contributed by atoms with Crippen molar-refractivity contribution < 1.29 is 0 Å². The van der Waals surface area contributed by atoms with Gasteiger partial charge < -0.3 is 5.32 Å². The fourth-order valence-electron chi connectivity index (χ4n) is 4.39. The second-order valence-electron chi connectivity index (χ2n) is 5.78. The van der Waals surface area contributed by atoms with Crippen molar-refractivity contribution in [1.29, 1.82) is 0 Å². The van der Waals surface area contributed by atoms with Crippen LogP contribution in [0.15, 0.2) is 11.4 Å². The van der Waals surface area contributed by atoms with Crippen LogP contribution in [0.25, 0.3) is 0 Å². The van der Waals surface area contributed by atoms with Gasteiger partial charge in [0.1, 0.15) is 0 Å². The first-order chi connectivity index (χ1) is 7.90. The molecule has 1 aromatic rings. The van der Waals surface area contributed by atoms with Gasteiger partial charge in [-0.3, -0.25) is 0 Å². The molecule has 1 spiro atoms. The first-order valence-corrected chi connectivity index (χ1v) is 7.60. The zero-order valence-corrected chi connectivity index (χ0v) is 10.5. The molecular weight excluding hydrogens is 214 g/mol. The Morgan fingerprint density at radius 1 is 1.31 bits per heavy atom. The van der Waals surface area contributed by atoms with Gasteiger partial charge in [0, 0.05) is 11.4 Å². The smallest absolute Gasteiger partial charge is 0.0565 e. The van der Waals surface area contributed by atoms with E-state index in [2.05, 4.69) is 16.8 Å². The molecule has 2 heterocycles. The molecule has 0 radical (unpaired) electrons. The average molecular weight is 233 g/mol. The van der Waals surface area contributed by atoms with E-state index in [4.69, 9.17) is 0 Å². The highest BCUT2D eigenvalue weighted by molar-refractivity contribution is 7.10. The van der Waals surface area contributed by atoms with Crippen molar-refractivity contribution in [3.05, 3.63) is 21.9 Å². The van der Waals surface area contributed by atoms with Crippen molar-refractivity contribution in [2.75, 3.05) is 6.54 Å². The summed E-state index contributed by atoms with van der Waals surface area (Å²) in [6.45, 7) is 1.20. The van der Waals surface area contributed by atoms with Crippen LogP contribution in [0.3, 0.4) is 0 Å². The predicted molar refractivity (Wildman–Crippen MR) is 67.8 cm³/mol. The number of thiophene rings is 1. The minimum Gasteiger partial charge on any atom is -0.306 e. The van der Waals surface area contributed by atoms with E-state index in [0.717, 1.165) is 11.8 Å². The van der Waals surface area contributed by atoms with E-state index in [0.29, 0.717) is 5.54 Å². The van der Waals surface area contributed by atoms with Gasteiger partial charge in [0.05, 0.1) is 5.54 Å². The molecular formula is C14H19NS. The van der Waals surface area contributed by atoms with Crippen LogP contribution < -0.4 is 5.32 Å². The number of fused-ring (bicyclic) bond motifs is 4. The number of hydrogen-bond acceptors (Lipinski definition) is 2. The van der Waals surface area contributed by atoms with Gasteiger partial charge in [-0.05, 0) is 48.1 Å². The highest BCUT2D eigenvalue weighted by Crippen LogP contribution is 2.59. The summed E-state index contributed by atoms with van der Waals surface area (Å²) in [7, 11) is 0. The molecule has 3 aliphatic rings. The molecule has 1 N–H and O–H groups in total. The molecule has 0 bridgehead atoms.